The van der Waals surface area contributed by atoms with Crippen molar-refractivity contribution in [2.45, 2.75) is 25.8 Å². The second-order valence-electron chi connectivity index (χ2n) is 3.59. The summed E-state index contributed by atoms with van der Waals surface area (Å²) in [5.41, 5.74) is 7.12. The number of hydrogen-bond donors (Lipinski definition) is 2. The van der Waals surface area contributed by atoms with E-state index in [9.17, 15) is 4.39 Å². The molecule has 0 aliphatic carbocycles. The number of rotatable bonds is 4. The minimum atomic E-state index is -0.243. The summed E-state index contributed by atoms with van der Waals surface area (Å²) >= 11 is 0. The number of benzene rings is 1. The van der Waals surface area contributed by atoms with E-state index in [1.165, 1.54) is 12.1 Å². The van der Waals surface area contributed by atoms with Crippen LogP contribution in [0.25, 0.3) is 0 Å². The van der Waals surface area contributed by atoms with E-state index in [1.54, 1.807) is 12.1 Å². The van der Waals surface area contributed by atoms with Crippen LogP contribution >= 0.6 is 0 Å². The molecule has 0 saturated carbocycles. The first-order valence-corrected chi connectivity index (χ1v) is 4.64. The third kappa shape index (κ3) is 3.66. The van der Waals surface area contributed by atoms with Gasteiger partial charge in [0.2, 0.25) is 0 Å². The molecule has 1 aromatic rings. The first kappa shape index (κ1) is 10.9. The Hall–Kier alpha value is -1.22. The fourth-order valence-corrected chi connectivity index (χ4v) is 1.31. The molecule has 76 valence electrons. The molecule has 14 heavy (non-hydrogen) atoms. The SMILES string of the molecule is C[C@H](N)CC(=N)Cc1ccc(F)cc1. The lowest BCUT2D eigenvalue weighted by Gasteiger charge is -2.06. The van der Waals surface area contributed by atoms with E-state index in [-0.39, 0.29) is 11.9 Å². The van der Waals surface area contributed by atoms with Gasteiger partial charge in [0, 0.05) is 24.6 Å². The maximum Gasteiger partial charge on any atom is 0.123 e. The minimum absolute atomic E-state index is 0.0166. The Labute approximate surface area is 83.4 Å². The smallest absolute Gasteiger partial charge is 0.123 e. The molecule has 1 aromatic carbocycles. The first-order chi connectivity index (χ1) is 6.58. The molecule has 3 heteroatoms. The van der Waals surface area contributed by atoms with E-state index in [0.29, 0.717) is 18.6 Å². The Bertz CT molecular complexity index is 304. The van der Waals surface area contributed by atoms with Gasteiger partial charge in [-0.1, -0.05) is 12.1 Å². The molecule has 1 rings (SSSR count). The molecule has 0 aliphatic rings. The summed E-state index contributed by atoms with van der Waals surface area (Å²) in [6.45, 7) is 1.87. The predicted molar refractivity (Wildman–Crippen MR) is 56.1 cm³/mol. The molecule has 3 N–H and O–H groups in total. The zero-order valence-electron chi connectivity index (χ0n) is 8.26. The minimum Gasteiger partial charge on any atom is -0.328 e. The molecule has 0 heterocycles. The zero-order valence-corrected chi connectivity index (χ0v) is 8.26. The highest BCUT2D eigenvalue weighted by Crippen LogP contribution is 2.05. The van der Waals surface area contributed by atoms with Crippen LogP contribution in [0.15, 0.2) is 24.3 Å². The maximum atomic E-state index is 12.6. The molecular formula is C11H15FN2. The number of nitrogens with two attached hydrogens (primary N) is 1. The van der Waals surface area contributed by atoms with Gasteiger partial charge in [-0.15, -0.1) is 0 Å². The summed E-state index contributed by atoms with van der Waals surface area (Å²) in [4.78, 5) is 0. The van der Waals surface area contributed by atoms with Gasteiger partial charge < -0.3 is 11.1 Å². The van der Waals surface area contributed by atoms with Crippen LogP contribution in [0.5, 0.6) is 0 Å². The number of hydrogen-bond acceptors (Lipinski definition) is 2. The third-order valence-corrected chi connectivity index (χ3v) is 1.90. The van der Waals surface area contributed by atoms with Gasteiger partial charge in [0.15, 0.2) is 0 Å². The van der Waals surface area contributed by atoms with Crippen molar-refractivity contribution in [2.24, 2.45) is 5.73 Å². The summed E-state index contributed by atoms with van der Waals surface area (Å²) < 4.78 is 12.6. The highest BCUT2D eigenvalue weighted by Gasteiger charge is 2.02. The van der Waals surface area contributed by atoms with Crippen molar-refractivity contribution in [3.05, 3.63) is 35.6 Å². The number of halogens is 1. The fourth-order valence-electron chi connectivity index (χ4n) is 1.31. The maximum absolute atomic E-state index is 12.6. The van der Waals surface area contributed by atoms with Gasteiger partial charge in [-0.3, -0.25) is 0 Å². The lowest BCUT2D eigenvalue weighted by atomic mass is 10.0. The Morgan fingerprint density at radius 3 is 2.50 bits per heavy atom. The molecule has 0 saturated heterocycles. The summed E-state index contributed by atoms with van der Waals surface area (Å²) in [6.07, 6.45) is 1.15. The Kier molecular flexibility index (Phi) is 3.77. The monoisotopic (exact) mass is 194 g/mol. The van der Waals surface area contributed by atoms with Gasteiger partial charge >= 0.3 is 0 Å². The second-order valence-corrected chi connectivity index (χ2v) is 3.59. The first-order valence-electron chi connectivity index (χ1n) is 4.64. The Balaban J connectivity index is 2.52. The molecule has 0 bridgehead atoms. The van der Waals surface area contributed by atoms with E-state index < -0.39 is 0 Å². The number of nitrogens with one attached hydrogen (secondary N) is 1. The fraction of sp³-hybridized carbons (Fsp3) is 0.364. The van der Waals surface area contributed by atoms with Crippen LogP contribution in [0, 0.1) is 11.2 Å². The van der Waals surface area contributed by atoms with E-state index in [0.717, 1.165) is 5.56 Å². The van der Waals surface area contributed by atoms with Crippen LogP contribution in [-0.4, -0.2) is 11.8 Å². The third-order valence-electron chi connectivity index (χ3n) is 1.90. The molecule has 2 nitrogen and oxygen atoms in total. The van der Waals surface area contributed by atoms with Crippen LogP contribution in [0.4, 0.5) is 4.39 Å². The van der Waals surface area contributed by atoms with Crippen molar-refractivity contribution in [3.63, 3.8) is 0 Å². The van der Waals surface area contributed by atoms with Crippen LogP contribution in [-0.2, 0) is 6.42 Å². The van der Waals surface area contributed by atoms with Crippen molar-refractivity contribution < 1.29 is 4.39 Å². The van der Waals surface area contributed by atoms with Gasteiger partial charge in [0.1, 0.15) is 5.82 Å². The van der Waals surface area contributed by atoms with Gasteiger partial charge in [0.25, 0.3) is 0 Å². The van der Waals surface area contributed by atoms with Gasteiger partial charge in [0.05, 0.1) is 0 Å². The standard InChI is InChI=1S/C11H15FN2/c1-8(13)6-11(14)7-9-2-4-10(12)5-3-9/h2-5,8,14H,6-7,13H2,1H3/t8-/m0/s1. The molecule has 0 unspecified atom stereocenters. The van der Waals surface area contributed by atoms with Crippen molar-refractivity contribution in [2.75, 3.05) is 0 Å². The Morgan fingerprint density at radius 2 is 2.00 bits per heavy atom. The lowest BCUT2D eigenvalue weighted by molar-refractivity contribution is 0.627. The average molecular weight is 194 g/mol. The van der Waals surface area contributed by atoms with E-state index in [4.69, 9.17) is 11.1 Å². The highest BCUT2D eigenvalue weighted by molar-refractivity contribution is 5.84. The van der Waals surface area contributed by atoms with Crippen molar-refractivity contribution in [3.8, 4) is 0 Å². The molecule has 0 fully saturated rings. The van der Waals surface area contributed by atoms with Crippen LogP contribution in [0.1, 0.15) is 18.9 Å². The van der Waals surface area contributed by atoms with E-state index in [2.05, 4.69) is 0 Å². The van der Waals surface area contributed by atoms with E-state index >= 15 is 0 Å². The van der Waals surface area contributed by atoms with Gasteiger partial charge in [-0.05, 0) is 24.6 Å². The Morgan fingerprint density at radius 1 is 1.43 bits per heavy atom. The molecular weight excluding hydrogens is 179 g/mol. The topological polar surface area (TPSA) is 49.9 Å². The normalized spacial score (nSPS) is 12.5. The highest BCUT2D eigenvalue weighted by atomic mass is 19.1. The van der Waals surface area contributed by atoms with Crippen LogP contribution in [0.3, 0.4) is 0 Å². The van der Waals surface area contributed by atoms with Crippen LogP contribution in [0.2, 0.25) is 0 Å². The van der Waals surface area contributed by atoms with Crippen LogP contribution < -0.4 is 5.73 Å². The van der Waals surface area contributed by atoms with E-state index in [1.807, 2.05) is 6.92 Å². The van der Waals surface area contributed by atoms with Crippen molar-refractivity contribution >= 4 is 5.71 Å². The molecule has 0 spiro atoms. The van der Waals surface area contributed by atoms with Crippen molar-refractivity contribution in [1.29, 1.82) is 5.41 Å². The molecule has 0 aromatic heterocycles. The second kappa shape index (κ2) is 4.86. The summed E-state index contributed by atoms with van der Waals surface area (Å²) in [5.74, 6) is -0.243. The summed E-state index contributed by atoms with van der Waals surface area (Å²) in [6, 6.07) is 6.24. The predicted octanol–water partition coefficient (Wildman–Crippen LogP) is 2.13. The molecule has 0 amide bonds. The lowest BCUT2D eigenvalue weighted by Crippen LogP contribution is -2.20. The molecule has 0 aliphatic heterocycles. The quantitative estimate of drug-likeness (QED) is 0.709. The molecule has 0 radical (unpaired) electrons. The van der Waals surface area contributed by atoms with Gasteiger partial charge in [-0.2, -0.15) is 0 Å². The largest absolute Gasteiger partial charge is 0.328 e. The van der Waals surface area contributed by atoms with Gasteiger partial charge in [-0.25, -0.2) is 4.39 Å². The average Bonchev–Trinajstić information content (AvgIpc) is 2.07. The molecule has 1 atom stereocenters. The zero-order chi connectivity index (χ0) is 10.6. The summed E-state index contributed by atoms with van der Waals surface area (Å²) in [7, 11) is 0. The van der Waals surface area contributed by atoms with Crippen molar-refractivity contribution in [1.82, 2.24) is 0 Å². The summed E-state index contributed by atoms with van der Waals surface area (Å²) in [5, 5.41) is 7.64.